The van der Waals surface area contributed by atoms with Crippen LogP contribution in [-0.2, 0) is 7.05 Å². The van der Waals surface area contributed by atoms with Crippen LogP contribution in [0.15, 0.2) is 42.9 Å². The predicted octanol–water partition coefficient (Wildman–Crippen LogP) is 2.63. The first kappa shape index (κ1) is 16.5. The zero-order valence-electron chi connectivity index (χ0n) is 15.0. The van der Waals surface area contributed by atoms with E-state index in [0.717, 1.165) is 48.8 Å². The van der Waals surface area contributed by atoms with Gasteiger partial charge in [-0.05, 0) is 31.9 Å². The average Bonchev–Trinajstić information content (AvgIpc) is 3.01. The third kappa shape index (κ3) is 3.51. The highest BCUT2D eigenvalue weighted by Crippen LogP contribution is 2.24. The first-order valence-electron chi connectivity index (χ1n) is 8.85. The van der Waals surface area contributed by atoms with Crippen LogP contribution in [0.3, 0.4) is 0 Å². The second kappa shape index (κ2) is 7.11. The molecule has 0 radical (unpaired) electrons. The van der Waals surface area contributed by atoms with Gasteiger partial charge in [0, 0.05) is 43.8 Å². The lowest BCUT2D eigenvalue weighted by molar-refractivity contribution is 0.171. The maximum atomic E-state index is 6.02. The molecule has 134 valence electrons. The number of aromatic nitrogens is 5. The maximum absolute atomic E-state index is 6.02. The Hall–Kier alpha value is -2.96. The molecule has 4 rings (SSSR count). The van der Waals surface area contributed by atoms with E-state index in [1.54, 1.807) is 6.20 Å². The van der Waals surface area contributed by atoms with Gasteiger partial charge in [-0.25, -0.2) is 15.0 Å². The summed E-state index contributed by atoms with van der Waals surface area (Å²) in [4.78, 5) is 15.7. The van der Waals surface area contributed by atoms with Gasteiger partial charge in [-0.1, -0.05) is 6.07 Å². The van der Waals surface area contributed by atoms with Crippen LogP contribution in [0.5, 0.6) is 5.88 Å². The van der Waals surface area contributed by atoms with Gasteiger partial charge >= 0.3 is 0 Å². The highest BCUT2D eigenvalue weighted by atomic mass is 16.5. The molecule has 0 unspecified atom stereocenters. The van der Waals surface area contributed by atoms with E-state index in [0.29, 0.717) is 5.88 Å². The summed E-state index contributed by atoms with van der Waals surface area (Å²) in [7, 11) is 1.92. The van der Waals surface area contributed by atoms with Crippen LogP contribution < -0.4 is 9.64 Å². The third-order valence-corrected chi connectivity index (χ3v) is 4.52. The SMILES string of the molecule is Cc1nn(C)cc1-c1ccnc(N2CCC[C@@H](Oc3ccccn3)C2)n1. The summed E-state index contributed by atoms with van der Waals surface area (Å²) < 4.78 is 7.83. The lowest BCUT2D eigenvalue weighted by Crippen LogP contribution is -2.42. The van der Waals surface area contributed by atoms with Crippen molar-refractivity contribution < 1.29 is 4.74 Å². The van der Waals surface area contributed by atoms with Crippen molar-refractivity contribution in [3.05, 3.63) is 48.5 Å². The van der Waals surface area contributed by atoms with Gasteiger partial charge in [0.25, 0.3) is 0 Å². The van der Waals surface area contributed by atoms with E-state index >= 15 is 0 Å². The quantitative estimate of drug-likeness (QED) is 0.720. The summed E-state index contributed by atoms with van der Waals surface area (Å²) in [5, 5.41) is 4.40. The topological polar surface area (TPSA) is 69.0 Å². The van der Waals surface area contributed by atoms with Gasteiger partial charge in [-0.3, -0.25) is 4.68 Å². The maximum Gasteiger partial charge on any atom is 0.225 e. The monoisotopic (exact) mass is 350 g/mol. The van der Waals surface area contributed by atoms with Crippen molar-refractivity contribution >= 4 is 5.95 Å². The molecule has 4 heterocycles. The molecule has 0 saturated carbocycles. The van der Waals surface area contributed by atoms with E-state index in [4.69, 9.17) is 9.72 Å². The highest BCUT2D eigenvalue weighted by Gasteiger charge is 2.24. The van der Waals surface area contributed by atoms with E-state index in [9.17, 15) is 0 Å². The minimum absolute atomic E-state index is 0.0889. The van der Waals surface area contributed by atoms with Gasteiger partial charge in [-0.2, -0.15) is 5.10 Å². The molecule has 26 heavy (non-hydrogen) atoms. The highest BCUT2D eigenvalue weighted by molar-refractivity contribution is 5.61. The first-order valence-corrected chi connectivity index (χ1v) is 8.85. The minimum atomic E-state index is 0.0889. The number of pyridine rings is 1. The van der Waals surface area contributed by atoms with Crippen molar-refractivity contribution in [3.8, 4) is 17.1 Å². The second-order valence-corrected chi connectivity index (χ2v) is 6.54. The van der Waals surface area contributed by atoms with Crippen molar-refractivity contribution in [2.75, 3.05) is 18.0 Å². The van der Waals surface area contributed by atoms with Crippen molar-refractivity contribution in [3.63, 3.8) is 0 Å². The van der Waals surface area contributed by atoms with Crippen LogP contribution in [0.1, 0.15) is 18.5 Å². The summed E-state index contributed by atoms with van der Waals surface area (Å²) in [5.74, 6) is 1.40. The van der Waals surface area contributed by atoms with Crippen molar-refractivity contribution in [1.82, 2.24) is 24.7 Å². The molecule has 1 atom stereocenters. The molecular formula is C19H22N6O. The van der Waals surface area contributed by atoms with Crippen LogP contribution in [0.4, 0.5) is 5.95 Å². The summed E-state index contributed by atoms with van der Waals surface area (Å²) in [6, 6.07) is 7.64. The summed E-state index contributed by atoms with van der Waals surface area (Å²) in [5.41, 5.74) is 2.90. The van der Waals surface area contributed by atoms with Crippen LogP contribution in [0.25, 0.3) is 11.3 Å². The Kier molecular flexibility index (Phi) is 4.51. The number of hydrogen-bond donors (Lipinski definition) is 0. The lowest BCUT2D eigenvalue weighted by Gasteiger charge is -2.32. The molecule has 0 bridgehead atoms. The van der Waals surface area contributed by atoms with Gasteiger partial charge < -0.3 is 9.64 Å². The van der Waals surface area contributed by atoms with Crippen LogP contribution in [0.2, 0.25) is 0 Å². The van der Waals surface area contributed by atoms with Gasteiger partial charge in [0.1, 0.15) is 6.10 Å². The normalized spacial score (nSPS) is 17.3. The number of nitrogens with zero attached hydrogens (tertiary/aromatic N) is 6. The molecule has 1 aliphatic heterocycles. The number of anilines is 1. The lowest BCUT2D eigenvalue weighted by atomic mass is 10.1. The summed E-state index contributed by atoms with van der Waals surface area (Å²) >= 11 is 0. The Balaban J connectivity index is 1.52. The smallest absolute Gasteiger partial charge is 0.225 e. The molecule has 1 fully saturated rings. The number of aryl methyl sites for hydroxylation is 2. The molecule has 0 N–H and O–H groups in total. The summed E-state index contributed by atoms with van der Waals surface area (Å²) in [6.45, 7) is 3.68. The molecule has 3 aromatic rings. The van der Waals surface area contributed by atoms with Gasteiger partial charge in [0.05, 0.1) is 17.9 Å². The molecule has 0 spiro atoms. The third-order valence-electron chi connectivity index (χ3n) is 4.52. The summed E-state index contributed by atoms with van der Waals surface area (Å²) in [6.07, 6.45) is 7.69. The molecule has 0 aromatic carbocycles. The number of hydrogen-bond acceptors (Lipinski definition) is 6. The molecule has 3 aromatic heterocycles. The molecule has 1 aliphatic rings. The average molecular weight is 350 g/mol. The Morgan fingerprint density at radius 1 is 1.15 bits per heavy atom. The molecule has 7 heteroatoms. The van der Waals surface area contributed by atoms with E-state index in [1.165, 1.54) is 0 Å². The number of rotatable bonds is 4. The van der Waals surface area contributed by atoms with Crippen molar-refractivity contribution in [2.24, 2.45) is 7.05 Å². The van der Waals surface area contributed by atoms with E-state index in [1.807, 2.05) is 55.3 Å². The second-order valence-electron chi connectivity index (χ2n) is 6.54. The Morgan fingerprint density at radius 2 is 2.08 bits per heavy atom. The van der Waals surface area contributed by atoms with Crippen LogP contribution in [-0.4, -0.2) is 43.9 Å². The minimum Gasteiger partial charge on any atom is -0.472 e. The molecule has 0 aliphatic carbocycles. The predicted molar refractivity (Wildman–Crippen MR) is 99.1 cm³/mol. The van der Waals surface area contributed by atoms with E-state index < -0.39 is 0 Å². The zero-order chi connectivity index (χ0) is 17.9. The van der Waals surface area contributed by atoms with E-state index in [2.05, 4.69) is 20.0 Å². The van der Waals surface area contributed by atoms with Crippen molar-refractivity contribution in [1.29, 1.82) is 0 Å². The molecule has 1 saturated heterocycles. The largest absolute Gasteiger partial charge is 0.472 e. The van der Waals surface area contributed by atoms with Gasteiger partial charge in [-0.15, -0.1) is 0 Å². The fourth-order valence-corrected chi connectivity index (χ4v) is 3.31. The fourth-order valence-electron chi connectivity index (χ4n) is 3.31. The molecule has 0 amide bonds. The van der Waals surface area contributed by atoms with E-state index in [-0.39, 0.29) is 6.10 Å². The number of ether oxygens (including phenoxy) is 1. The standard InChI is InChI=1S/C19H22N6O/c1-14-16(13-24(2)23-14)17-8-10-21-19(22-17)25-11-5-6-15(12-25)26-18-7-3-4-9-20-18/h3-4,7-10,13,15H,5-6,11-12H2,1-2H3/t15-/m1/s1. The number of piperidine rings is 1. The van der Waals surface area contributed by atoms with Gasteiger partial charge in [0.15, 0.2) is 0 Å². The first-order chi connectivity index (χ1) is 12.7. The van der Waals surface area contributed by atoms with Crippen LogP contribution >= 0.6 is 0 Å². The van der Waals surface area contributed by atoms with Crippen molar-refractivity contribution in [2.45, 2.75) is 25.9 Å². The molecule has 7 nitrogen and oxygen atoms in total. The Bertz CT molecular complexity index is 879. The fraction of sp³-hybridized carbons (Fsp3) is 0.368. The van der Waals surface area contributed by atoms with Gasteiger partial charge in [0.2, 0.25) is 11.8 Å². The molecular weight excluding hydrogens is 328 g/mol. The Morgan fingerprint density at radius 3 is 2.85 bits per heavy atom. The van der Waals surface area contributed by atoms with Crippen LogP contribution in [0, 0.1) is 6.92 Å². The Labute approximate surface area is 152 Å². The zero-order valence-corrected chi connectivity index (χ0v) is 15.0.